The van der Waals surface area contributed by atoms with E-state index in [1.54, 1.807) is 36.2 Å². The highest BCUT2D eigenvalue weighted by molar-refractivity contribution is 5.72. The maximum absolute atomic E-state index is 12.7. The Labute approximate surface area is 163 Å². The summed E-state index contributed by atoms with van der Waals surface area (Å²) in [6.45, 7) is 0. The van der Waals surface area contributed by atoms with Crippen molar-refractivity contribution in [2.45, 2.75) is 6.18 Å². The number of nitrogens with one attached hydrogen (secondary N) is 1. The molecule has 6 nitrogen and oxygen atoms in total. The predicted octanol–water partition coefficient (Wildman–Crippen LogP) is 4.83. The smallest absolute Gasteiger partial charge is 0.416 e. The topological polar surface area (TPSA) is 60.7 Å². The fraction of sp³-hybridized carbons (Fsp3) is 0.100. The predicted molar refractivity (Wildman–Crippen MR) is 101 cm³/mol. The van der Waals surface area contributed by atoms with Gasteiger partial charge in [-0.2, -0.15) is 18.3 Å². The second kappa shape index (κ2) is 7.34. The van der Waals surface area contributed by atoms with Crippen molar-refractivity contribution in [1.82, 2.24) is 14.6 Å². The van der Waals surface area contributed by atoms with Gasteiger partial charge in [-0.15, -0.1) is 0 Å². The lowest BCUT2D eigenvalue weighted by Gasteiger charge is -2.12. The molecular formula is C20H15F3N4O2. The largest absolute Gasteiger partial charge is 0.494 e. The summed E-state index contributed by atoms with van der Waals surface area (Å²) in [4.78, 5) is 9.52. The Kier molecular flexibility index (Phi) is 4.71. The molecule has 0 spiro atoms. The van der Waals surface area contributed by atoms with Crippen molar-refractivity contribution in [1.29, 1.82) is 0 Å². The SMILES string of the molecule is COc1ccc(NOc2ccc(C(F)(F)F)cc2)n2nc(-c3cccnc3)cc12. The molecule has 148 valence electrons. The van der Waals surface area contributed by atoms with Gasteiger partial charge in [0, 0.05) is 18.0 Å². The number of benzene rings is 1. The highest BCUT2D eigenvalue weighted by atomic mass is 19.4. The fourth-order valence-corrected chi connectivity index (χ4v) is 2.78. The highest BCUT2D eigenvalue weighted by Gasteiger charge is 2.30. The number of rotatable bonds is 5. The van der Waals surface area contributed by atoms with Crippen LogP contribution in [0.4, 0.5) is 19.0 Å². The standard InChI is InChI=1S/C20H15F3N4O2/c1-28-18-8-9-19(26-29-15-6-4-14(5-7-15)20(21,22)23)27-17(18)11-16(25-27)13-3-2-10-24-12-13/h2-12,26H,1H3. The fourth-order valence-electron chi connectivity index (χ4n) is 2.78. The second-order valence-corrected chi connectivity index (χ2v) is 6.08. The van der Waals surface area contributed by atoms with Crippen LogP contribution >= 0.6 is 0 Å². The molecule has 0 amide bonds. The normalized spacial score (nSPS) is 11.4. The maximum Gasteiger partial charge on any atom is 0.416 e. The first-order valence-electron chi connectivity index (χ1n) is 8.53. The van der Waals surface area contributed by atoms with Crippen LogP contribution in [0.25, 0.3) is 16.8 Å². The molecule has 0 aliphatic carbocycles. The Morgan fingerprint density at radius 3 is 2.48 bits per heavy atom. The van der Waals surface area contributed by atoms with Gasteiger partial charge in [0.05, 0.1) is 18.4 Å². The van der Waals surface area contributed by atoms with Gasteiger partial charge in [0.25, 0.3) is 0 Å². The molecule has 0 atom stereocenters. The number of hydrogen-bond donors (Lipinski definition) is 1. The zero-order chi connectivity index (χ0) is 20.4. The molecule has 9 heteroatoms. The molecule has 0 aliphatic heterocycles. The molecule has 0 fully saturated rings. The van der Waals surface area contributed by atoms with Gasteiger partial charge in [-0.05, 0) is 54.6 Å². The van der Waals surface area contributed by atoms with Crippen LogP contribution in [0.1, 0.15) is 5.56 Å². The minimum Gasteiger partial charge on any atom is -0.494 e. The number of nitrogens with zero attached hydrogens (tertiary/aromatic N) is 3. The zero-order valence-electron chi connectivity index (χ0n) is 15.1. The number of halogens is 3. The lowest BCUT2D eigenvalue weighted by molar-refractivity contribution is -0.137. The monoisotopic (exact) mass is 400 g/mol. The van der Waals surface area contributed by atoms with Gasteiger partial charge in [0.15, 0.2) is 11.6 Å². The third-order valence-corrected chi connectivity index (χ3v) is 4.21. The van der Waals surface area contributed by atoms with Crippen LogP contribution in [0, 0.1) is 0 Å². The zero-order valence-corrected chi connectivity index (χ0v) is 15.1. The molecule has 0 saturated carbocycles. The molecule has 3 heterocycles. The van der Waals surface area contributed by atoms with Crippen molar-refractivity contribution < 1.29 is 22.7 Å². The molecule has 0 aliphatic rings. The van der Waals surface area contributed by atoms with Gasteiger partial charge in [0.2, 0.25) is 0 Å². The van der Waals surface area contributed by atoms with Gasteiger partial charge in [-0.25, -0.2) is 10.00 Å². The molecule has 3 aromatic heterocycles. The van der Waals surface area contributed by atoms with Gasteiger partial charge >= 0.3 is 6.18 Å². The van der Waals surface area contributed by atoms with Crippen LogP contribution in [0.15, 0.2) is 67.0 Å². The van der Waals surface area contributed by atoms with Crippen LogP contribution in [0.5, 0.6) is 11.5 Å². The van der Waals surface area contributed by atoms with Crippen LogP contribution in [0.3, 0.4) is 0 Å². The molecule has 0 bridgehead atoms. The van der Waals surface area contributed by atoms with Crippen LogP contribution in [-0.4, -0.2) is 21.7 Å². The van der Waals surface area contributed by atoms with E-state index in [4.69, 9.17) is 9.57 Å². The molecule has 0 saturated heterocycles. The minimum atomic E-state index is -4.40. The average molecular weight is 400 g/mol. The lowest BCUT2D eigenvalue weighted by Crippen LogP contribution is -2.10. The molecule has 4 aromatic rings. The molecule has 4 rings (SSSR count). The molecule has 1 aromatic carbocycles. The number of methoxy groups -OCH3 is 1. The Morgan fingerprint density at radius 1 is 1.03 bits per heavy atom. The Morgan fingerprint density at radius 2 is 1.83 bits per heavy atom. The summed E-state index contributed by atoms with van der Waals surface area (Å²) in [5, 5.41) is 4.56. The lowest BCUT2D eigenvalue weighted by atomic mass is 10.2. The molecular weight excluding hydrogens is 385 g/mol. The second-order valence-electron chi connectivity index (χ2n) is 6.08. The van der Waals surface area contributed by atoms with Crippen molar-refractivity contribution in [3.63, 3.8) is 0 Å². The molecule has 1 N–H and O–H groups in total. The van der Waals surface area contributed by atoms with Gasteiger partial charge in [-0.1, -0.05) is 0 Å². The Balaban J connectivity index is 1.63. The molecule has 0 radical (unpaired) electrons. The summed E-state index contributed by atoms with van der Waals surface area (Å²) in [7, 11) is 1.55. The van der Waals surface area contributed by atoms with Crippen molar-refractivity contribution in [2.75, 3.05) is 12.6 Å². The molecule has 0 unspecified atom stereocenters. The Bertz CT molecular complexity index is 1130. The number of alkyl halides is 3. The number of ether oxygens (including phenoxy) is 1. The summed E-state index contributed by atoms with van der Waals surface area (Å²) in [5.41, 5.74) is 4.18. The van der Waals surface area contributed by atoms with Crippen molar-refractivity contribution in [3.8, 4) is 22.8 Å². The number of pyridine rings is 2. The quantitative estimate of drug-likeness (QED) is 0.486. The van der Waals surface area contributed by atoms with E-state index < -0.39 is 11.7 Å². The van der Waals surface area contributed by atoms with E-state index in [1.807, 2.05) is 18.2 Å². The van der Waals surface area contributed by atoms with E-state index in [-0.39, 0.29) is 5.75 Å². The first-order valence-corrected chi connectivity index (χ1v) is 8.53. The first-order chi connectivity index (χ1) is 14.0. The average Bonchev–Trinajstić information content (AvgIpc) is 3.18. The Hall–Kier alpha value is -3.75. The van der Waals surface area contributed by atoms with Crippen molar-refractivity contribution >= 4 is 11.3 Å². The van der Waals surface area contributed by atoms with Crippen LogP contribution in [0.2, 0.25) is 0 Å². The number of aromatic nitrogens is 3. The van der Waals surface area contributed by atoms with Crippen molar-refractivity contribution in [3.05, 3.63) is 72.6 Å². The van der Waals surface area contributed by atoms with E-state index in [9.17, 15) is 13.2 Å². The third kappa shape index (κ3) is 3.79. The maximum atomic E-state index is 12.7. The van der Waals surface area contributed by atoms with E-state index in [0.29, 0.717) is 22.8 Å². The van der Waals surface area contributed by atoms with Gasteiger partial charge < -0.3 is 9.57 Å². The van der Waals surface area contributed by atoms with E-state index >= 15 is 0 Å². The molecule has 29 heavy (non-hydrogen) atoms. The summed E-state index contributed by atoms with van der Waals surface area (Å²) < 4.78 is 45.0. The van der Waals surface area contributed by atoms with Crippen molar-refractivity contribution in [2.24, 2.45) is 0 Å². The number of hydrogen-bond acceptors (Lipinski definition) is 5. The summed E-state index contributed by atoms with van der Waals surface area (Å²) >= 11 is 0. The van der Waals surface area contributed by atoms with E-state index in [0.717, 1.165) is 17.7 Å². The number of fused-ring (bicyclic) bond motifs is 1. The van der Waals surface area contributed by atoms with E-state index in [1.165, 1.54) is 12.1 Å². The summed E-state index contributed by atoms with van der Waals surface area (Å²) in [6.07, 6.45) is -1.03. The van der Waals surface area contributed by atoms with Gasteiger partial charge in [0.1, 0.15) is 11.3 Å². The van der Waals surface area contributed by atoms with E-state index in [2.05, 4.69) is 15.6 Å². The highest BCUT2D eigenvalue weighted by Crippen LogP contribution is 2.31. The number of anilines is 1. The first kappa shape index (κ1) is 18.6. The summed E-state index contributed by atoms with van der Waals surface area (Å²) in [6, 6.07) is 13.3. The van der Waals surface area contributed by atoms with Gasteiger partial charge in [-0.3, -0.25) is 4.98 Å². The van der Waals surface area contributed by atoms with Crippen LogP contribution in [-0.2, 0) is 6.18 Å². The third-order valence-electron chi connectivity index (χ3n) is 4.21. The van der Waals surface area contributed by atoms with Crippen LogP contribution < -0.4 is 15.1 Å². The summed E-state index contributed by atoms with van der Waals surface area (Å²) in [5.74, 6) is 1.30. The minimum absolute atomic E-state index is 0.224.